The number of halogens is 2. The molecule has 0 aliphatic carbocycles. The smallest absolute Gasteiger partial charge is 0.165 e. The van der Waals surface area contributed by atoms with Crippen molar-refractivity contribution in [3.05, 3.63) is 39.9 Å². The van der Waals surface area contributed by atoms with Crippen molar-refractivity contribution < 1.29 is 14.2 Å². The van der Waals surface area contributed by atoms with Crippen molar-refractivity contribution in [2.75, 3.05) is 7.11 Å². The fourth-order valence-corrected chi connectivity index (χ4v) is 2.18. The van der Waals surface area contributed by atoms with Gasteiger partial charge in [-0.2, -0.15) is 0 Å². The second kappa shape index (κ2) is 5.03. The average Bonchev–Trinajstić information content (AvgIpc) is 2.69. The van der Waals surface area contributed by atoms with Gasteiger partial charge >= 0.3 is 0 Å². The molecular weight excluding hydrogens is 305 g/mol. The van der Waals surface area contributed by atoms with Crippen LogP contribution in [-0.4, -0.2) is 27.2 Å². The molecule has 96 valence electrons. The molecule has 1 aromatic heterocycles. The van der Waals surface area contributed by atoms with Gasteiger partial charge in [-0.1, -0.05) is 11.3 Å². The SMILES string of the molecule is COc1cc(C(O)c2c(Br)nnn2C)ccc1F. The summed E-state index contributed by atoms with van der Waals surface area (Å²) in [7, 11) is 3.03. The van der Waals surface area contributed by atoms with Crippen LogP contribution in [0, 0.1) is 5.82 Å². The Kier molecular flexibility index (Phi) is 3.63. The molecule has 1 N–H and O–H groups in total. The van der Waals surface area contributed by atoms with Crippen molar-refractivity contribution in [2.45, 2.75) is 6.10 Å². The molecule has 1 atom stereocenters. The van der Waals surface area contributed by atoms with E-state index in [2.05, 4.69) is 26.2 Å². The molecule has 0 fully saturated rings. The van der Waals surface area contributed by atoms with Gasteiger partial charge in [0.05, 0.1) is 7.11 Å². The number of rotatable bonds is 3. The third-order valence-electron chi connectivity index (χ3n) is 2.58. The van der Waals surface area contributed by atoms with Crippen LogP contribution in [0.25, 0.3) is 0 Å². The van der Waals surface area contributed by atoms with E-state index in [1.807, 2.05) is 0 Å². The second-order valence-electron chi connectivity index (χ2n) is 3.69. The maximum absolute atomic E-state index is 13.3. The molecule has 0 saturated heterocycles. The zero-order valence-electron chi connectivity index (χ0n) is 9.76. The summed E-state index contributed by atoms with van der Waals surface area (Å²) in [6.45, 7) is 0. The van der Waals surface area contributed by atoms with Crippen LogP contribution in [0.1, 0.15) is 17.4 Å². The molecule has 1 unspecified atom stereocenters. The van der Waals surface area contributed by atoms with Gasteiger partial charge < -0.3 is 9.84 Å². The summed E-state index contributed by atoms with van der Waals surface area (Å²) in [5.41, 5.74) is 0.989. The Bertz CT molecular complexity index is 554. The maximum atomic E-state index is 13.3. The minimum absolute atomic E-state index is 0.0813. The van der Waals surface area contributed by atoms with Crippen LogP contribution < -0.4 is 4.74 Å². The van der Waals surface area contributed by atoms with Gasteiger partial charge in [0, 0.05) is 7.05 Å². The van der Waals surface area contributed by atoms with E-state index in [4.69, 9.17) is 4.74 Å². The minimum Gasteiger partial charge on any atom is -0.494 e. The Morgan fingerprint density at radius 3 is 2.78 bits per heavy atom. The Morgan fingerprint density at radius 2 is 2.22 bits per heavy atom. The number of benzene rings is 1. The molecule has 18 heavy (non-hydrogen) atoms. The number of methoxy groups -OCH3 is 1. The van der Waals surface area contributed by atoms with Crippen LogP contribution >= 0.6 is 15.9 Å². The molecule has 0 bridgehead atoms. The first-order chi connectivity index (χ1) is 8.54. The van der Waals surface area contributed by atoms with Crippen LogP contribution in [0.3, 0.4) is 0 Å². The largest absolute Gasteiger partial charge is 0.494 e. The number of aromatic nitrogens is 3. The van der Waals surface area contributed by atoms with Crippen molar-refractivity contribution in [3.8, 4) is 5.75 Å². The number of nitrogens with zero attached hydrogens (tertiary/aromatic N) is 3. The molecule has 1 aromatic carbocycles. The number of ether oxygens (including phenoxy) is 1. The van der Waals surface area contributed by atoms with Gasteiger partial charge in [0.25, 0.3) is 0 Å². The first-order valence-corrected chi connectivity index (χ1v) is 5.90. The minimum atomic E-state index is -0.964. The van der Waals surface area contributed by atoms with Crippen LogP contribution in [0.15, 0.2) is 22.8 Å². The first kappa shape index (κ1) is 13.0. The topological polar surface area (TPSA) is 60.2 Å². The van der Waals surface area contributed by atoms with Crippen LogP contribution in [0.2, 0.25) is 0 Å². The number of aryl methyl sites for hydroxylation is 1. The lowest BCUT2D eigenvalue weighted by atomic mass is 10.1. The summed E-state index contributed by atoms with van der Waals surface area (Å²) < 4.78 is 20.1. The first-order valence-electron chi connectivity index (χ1n) is 5.11. The van der Waals surface area contributed by atoms with Gasteiger partial charge in [0.15, 0.2) is 16.2 Å². The predicted octanol–water partition coefficient (Wildman–Crippen LogP) is 1.81. The van der Waals surface area contributed by atoms with Gasteiger partial charge in [-0.15, -0.1) is 5.10 Å². The summed E-state index contributed by atoms with van der Waals surface area (Å²) in [6.07, 6.45) is -0.964. The highest BCUT2D eigenvalue weighted by Crippen LogP contribution is 2.29. The van der Waals surface area contributed by atoms with Crippen molar-refractivity contribution >= 4 is 15.9 Å². The molecule has 0 aliphatic heterocycles. The normalized spacial score (nSPS) is 12.5. The van der Waals surface area contributed by atoms with E-state index in [1.165, 1.54) is 30.0 Å². The number of hydrogen-bond acceptors (Lipinski definition) is 4. The predicted molar refractivity (Wildman–Crippen MR) is 65.7 cm³/mol. The summed E-state index contributed by atoms with van der Waals surface area (Å²) >= 11 is 3.21. The van der Waals surface area contributed by atoms with E-state index in [9.17, 15) is 9.50 Å². The maximum Gasteiger partial charge on any atom is 0.165 e. The molecule has 5 nitrogen and oxygen atoms in total. The average molecular weight is 316 g/mol. The Balaban J connectivity index is 2.43. The van der Waals surface area contributed by atoms with Gasteiger partial charge in [0.1, 0.15) is 11.8 Å². The monoisotopic (exact) mass is 315 g/mol. The Hall–Kier alpha value is -1.47. The molecule has 0 saturated carbocycles. The summed E-state index contributed by atoms with van der Waals surface area (Å²) in [5.74, 6) is -0.395. The summed E-state index contributed by atoms with van der Waals surface area (Å²) in [6, 6.07) is 4.18. The Labute approximate surface area is 111 Å². The lowest BCUT2D eigenvalue weighted by Crippen LogP contribution is -2.07. The highest BCUT2D eigenvalue weighted by molar-refractivity contribution is 9.10. The van der Waals surface area contributed by atoms with E-state index in [0.717, 1.165) is 0 Å². The van der Waals surface area contributed by atoms with Crippen molar-refractivity contribution in [2.24, 2.45) is 7.05 Å². The van der Waals surface area contributed by atoms with Gasteiger partial charge in [0.2, 0.25) is 0 Å². The summed E-state index contributed by atoms with van der Waals surface area (Å²) in [5, 5.41) is 17.8. The van der Waals surface area contributed by atoms with E-state index in [-0.39, 0.29) is 5.75 Å². The van der Waals surface area contributed by atoms with Crippen molar-refractivity contribution in [3.63, 3.8) is 0 Å². The van der Waals surface area contributed by atoms with E-state index in [0.29, 0.717) is 15.9 Å². The zero-order valence-corrected chi connectivity index (χ0v) is 11.3. The van der Waals surface area contributed by atoms with Gasteiger partial charge in [-0.05, 0) is 33.6 Å². The molecule has 0 spiro atoms. The van der Waals surface area contributed by atoms with Crippen LogP contribution in [0.4, 0.5) is 4.39 Å². The van der Waals surface area contributed by atoms with Crippen molar-refractivity contribution in [1.82, 2.24) is 15.0 Å². The van der Waals surface area contributed by atoms with Crippen LogP contribution in [0.5, 0.6) is 5.75 Å². The third-order valence-corrected chi connectivity index (χ3v) is 3.14. The molecular formula is C11H11BrFN3O2. The van der Waals surface area contributed by atoms with E-state index < -0.39 is 11.9 Å². The Morgan fingerprint density at radius 1 is 1.50 bits per heavy atom. The molecule has 2 aromatic rings. The van der Waals surface area contributed by atoms with E-state index >= 15 is 0 Å². The molecule has 0 radical (unpaired) electrons. The molecule has 2 rings (SSSR count). The quantitative estimate of drug-likeness (QED) is 0.938. The molecule has 7 heteroatoms. The number of aliphatic hydroxyl groups excluding tert-OH is 1. The molecule has 0 aliphatic rings. The van der Waals surface area contributed by atoms with Gasteiger partial charge in [-0.3, -0.25) is 0 Å². The lowest BCUT2D eigenvalue weighted by molar-refractivity contribution is 0.208. The fourth-order valence-electron chi connectivity index (χ4n) is 1.63. The highest BCUT2D eigenvalue weighted by atomic mass is 79.9. The number of hydrogen-bond donors (Lipinski definition) is 1. The fraction of sp³-hybridized carbons (Fsp3) is 0.273. The molecule has 0 amide bonds. The lowest BCUT2D eigenvalue weighted by Gasteiger charge is -2.12. The summed E-state index contributed by atoms with van der Waals surface area (Å²) in [4.78, 5) is 0. The van der Waals surface area contributed by atoms with Gasteiger partial charge in [-0.25, -0.2) is 9.07 Å². The second-order valence-corrected chi connectivity index (χ2v) is 4.44. The van der Waals surface area contributed by atoms with Crippen molar-refractivity contribution in [1.29, 1.82) is 0 Å². The standard InChI is InChI=1S/C11H11BrFN3O2/c1-16-9(11(12)14-15-16)10(17)6-3-4-7(13)8(5-6)18-2/h3-5,10,17H,1-2H3. The highest BCUT2D eigenvalue weighted by Gasteiger charge is 2.20. The molecule has 1 heterocycles. The third kappa shape index (κ3) is 2.23. The van der Waals surface area contributed by atoms with Crippen LogP contribution in [-0.2, 0) is 7.05 Å². The van der Waals surface area contributed by atoms with E-state index in [1.54, 1.807) is 7.05 Å². The number of aliphatic hydroxyl groups is 1. The zero-order chi connectivity index (χ0) is 13.3.